The second-order valence-corrected chi connectivity index (χ2v) is 8.20. The predicted molar refractivity (Wildman–Crippen MR) is 85.2 cm³/mol. The third kappa shape index (κ3) is 4.41. The third-order valence-electron chi connectivity index (χ3n) is 3.32. The van der Waals surface area contributed by atoms with Crippen LogP contribution in [0.4, 0.5) is 5.82 Å². The molecule has 116 valence electrons. The quantitative estimate of drug-likeness (QED) is 0.812. The van der Waals surface area contributed by atoms with Crippen molar-refractivity contribution in [3.63, 3.8) is 0 Å². The number of nitrogens with zero attached hydrogens (tertiary/aromatic N) is 1. The molecule has 1 aliphatic rings. The zero-order valence-electron chi connectivity index (χ0n) is 11.7. The van der Waals surface area contributed by atoms with E-state index in [9.17, 15) is 13.2 Å². The predicted octanol–water partition coefficient (Wildman–Crippen LogP) is 1.44. The van der Waals surface area contributed by atoms with Gasteiger partial charge in [-0.3, -0.25) is 4.79 Å². The van der Waals surface area contributed by atoms with Gasteiger partial charge in [-0.15, -0.1) is 0 Å². The highest BCUT2D eigenvalue weighted by Gasteiger charge is 2.28. The van der Waals surface area contributed by atoms with Crippen LogP contribution in [-0.2, 0) is 9.84 Å². The summed E-state index contributed by atoms with van der Waals surface area (Å²) in [6, 6.07) is 1.70. The number of carbonyl (C=O) groups excluding carboxylic acids is 1. The van der Waals surface area contributed by atoms with Crippen molar-refractivity contribution in [2.45, 2.75) is 13.3 Å². The molecule has 1 aromatic heterocycles. The maximum atomic E-state index is 12.2. The Hall–Kier alpha value is -1.15. The Morgan fingerprint density at radius 3 is 2.90 bits per heavy atom. The molecule has 2 N–H and O–H groups in total. The molecule has 0 aliphatic carbocycles. The van der Waals surface area contributed by atoms with Crippen LogP contribution in [0.2, 0.25) is 0 Å². The van der Waals surface area contributed by atoms with Gasteiger partial charge in [0.15, 0.2) is 9.84 Å². The van der Waals surface area contributed by atoms with Crippen molar-refractivity contribution in [1.82, 2.24) is 10.3 Å². The Morgan fingerprint density at radius 1 is 1.52 bits per heavy atom. The topological polar surface area (TPSA) is 88.2 Å². The lowest BCUT2D eigenvalue weighted by molar-refractivity contribution is 0.0949. The van der Waals surface area contributed by atoms with E-state index in [1.165, 1.54) is 0 Å². The fourth-order valence-electron chi connectivity index (χ4n) is 2.29. The van der Waals surface area contributed by atoms with E-state index in [1.54, 1.807) is 12.3 Å². The van der Waals surface area contributed by atoms with E-state index in [0.29, 0.717) is 30.9 Å². The molecule has 6 nitrogen and oxygen atoms in total. The number of hydrogen-bond donors (Lipinski definition) is 2. The maximum Gasteiger partial charge on any atom is 0.255 e. The number of halogens is 1. The van der Waals surface area contributed by atoms with Crippen molar-refractivity contribution in [2.75, 3.05) is 29.9 Å². The van der Waals surface area contributed by atoms with Crippen molar-refractivity contribution in [1.29, 1.82) is 0 Å². The number of pyridine rings is 1. The van der Waals surface area contributed by atoms with Crippen LogP contribution in [0.5, 0.6) is 0 Å². The first kappa shape index (κ1) is 16.2. The highest BCUT2D eigenvalue weighted by molar-refractivity contribution is 9.10. The van der Waals surface area contributed by atoms with Crippen LogP contribution in [0.3, 0.4) is 0 Å². The number of rotatable bonds is 5. The molecule has 1 aromatic rings. The zero-order chi connectivity index (χ0) is 15.5. The first-order chi connectivity index (χ1) is 9.91. The van der Waals surface area contributed by atoms with Gasteiger partial charge in [0, 0.05) is 23.8 Å². The number of nitrogens with one attached hydrogen (secondary N) is 2. The summed E-state index contributed by atoms with van der Waals surface area (Å²) in [5.41, 5.74) is 0.451. The van der Waals surface area contributed by atoms with Gasteiger partial charge in [0.2, 0.25) is 0 Å². The van der Waals surface area contributed by atoms with Gasteiger partial charge in [-0.25, -0.2) is 13.4 Å². The molecule has 2 rings (SSSR count). The molecule has 1 saturated heterocycles. The van der Waals surface area contributed by atoms with Crippen molar-refractivity contribution in [3.8, 4) is 0 Å². The smallest absolute Gasteiger partial charge is 0.255 e. The summed E-state index contributed by atoms with van der Waals surface area (Å²) >= 11 is 3.30. The zero-order valence-corrected chi connectivity index (χ0v) is 14.1. The van der Waals surface area contributed by atoms with Crippen LogP contribution in [0.15, 0.2) is 16.7 Å². The summed E-state index contributed by atoms with van der Waals surface area (Å²) in [6.07, 6.45) is 2.23. The fraction of sp³-hybridized carbons (Fsp3) is 0.538. The average molecular weight is 376 g/mol. The number of amides is 1. The molecule has 2 heterocycles. The van der Waals surface area contributed by atoms with Gasteiger partial charge >= 0.3 is 0 Å². The van der Waals surface area contributed by atoms with Crippen molar-refractivity contribution < 1.29 is 13.2 Å². The summed E-state index contributed by atoms with van der Waals surface area (Å²) in [7, 11) is -2.91. The first-order valence-corrected chi connectivity index (χ1v) is 9.40. The Morgan fingerprint density at radius 2 is 2.29 bits per heavy atom. The standard InChI is InChI=1S/C13H18BrN3O3S/c1-2-15-12-11(5-10(14)7-16-12)13(18)17-6-9-3-4-21(19,20)8-9/h5,7,9H,2-4,6,8H2,1H3,(H,15,16)(H,17,18). The van der Waals surface area contributed by atoms with Crippen molar-refractivity contribution in [3.05, 3.63) is 22.3 Å². The summed E-state index contributed by atoms with van der Waals surface area (Å²) < 4.78 is 23.5. The summed E-state index contributed by atoms with van der Waals surface area (Å²) in [5, 5.41) is 5.84. The molecule has 0 radical (unpaired) electrons. The van der Waals surface area contributed by atoms with Crippen LogP contribution in [0, 0.1) is 5.92 Å². The number of sulfone groups is 1. The van der Waals surface area contributed by atoms with Crippen LogP contribution >= 0.6 is 15.9 Å². The van der Waals surface area contributed by atoms with Gasteiger partial charge in [0.05, 0.1) is 17.1 Å². The van der Waals surface area contributed by atoms with Crippen LogP contribution in [0.25, 0.3) is 0 Å². The number of carbonyl (C=O) groups is 1. The van der Waals surface area contributed by atoms with E-state index >= 15 is 0 Å². The molecular formula is C13H18BrN3O3S. The molecule has 1 atom stereocenters. The monoisotopic (exact) mass is 375 g/mol. The fourth-order valence-corrected chi connectivity index (χ4v) is 4.48. The van der Waals surface area contributed by atoms with Crippen LogP contribution < -0.4 is 10.6 Å². The lowest BCUT2D eigenvalue weighted by Gasteiger charge is -2.12. The molecule has 21 heavy (non-hydrogen) atoms. The minimum Gasteiger partial charge on any atom is -0.370 e. The Bertz CT molecular complexity index is 634. The van der Waals surface area contributed by atoms with Gasteiger partial charge in [0.25, 0.3) is 5.91 Å². The normalized spacial score (nSPS) is 20.2. The highest BCUT2D eigenvalue weighted by atomic mass is 79.9. The summed E-state index contributed by atoms with van der Waals surface area (Å²) in [5.74, 6) is 0.654. The van der Waals surface area contributed by atoms with Crippen LogP contribution in [-0.4, -0.2) is 43.9 Å². The second-order valence-electron chi connectivity index (χ2n) is 5.06. The van der Waals surface area contributed by atoms with E-state index in [1.807, 2.05) is 6.92 Å². The molecule has 0 aromatic carbocycles. The number of aromatic nitrogens is 1. The van der Waals surface area contributed by atoms with Gasteiger partial charge < -0.3 is 10.6 Å². The molecule has 8 heteroatoms. The Balaban J connectivity index is 2.02. The van der Waals surface area contributed by atoms with Gasteiger partial charge in [-0.05, 0) is 41.3 Å². The van der Waals surface area contributed by atoms with Gasteiger partial charge in [-0.2, -0.15) is 0 Å². The molecular weight excluding hydrogens is 358 g/mol. The largest absolute Gasteiger partial charge is 0.370 e. The van der Waals surface area contributed by atoms with Crippen molar-refractivity contribution in [2.24, 2.45) is 5.92 Å². The van der Waals surface area contributed by atoms with Crippen molar-refractivity contribution >= 4 is 37.5 Å². The Kier molecular flexibility index (Phi) is 5.21. The lowest BCUT2D eigenvalue weighted by atomic mass is 10.1. The number of hydrogen-bond acceptors (Lipinski definition) is 5. The molecule has 0 bridgehead atoms. The molecule has 1 unspecified atom stereocenters. The minimum absolute atomic E-state index is 0.00152. The van der Waals surface area contributed by atoms with Gasteiger partial charge in [-0.1, -0.05) is 0 Å². The molecule has 0 saturated carbocycles. The summed E-state index contributed by atoms with van der Waals surface area (Å²) in [4.78, 5) is 16.4. The Labute approximate surface area is 132 Å². The van der Waals surface area contributed by atoms with E-state index in [4.69, 9.17) is 0 Å². The number of anilines is 1. The highest BCUT2D eigenvalue weighted by Crippen LogP contribution is 2.20. The maximum absolute atomic E-state index is 12.2. The third-order valence-corrected chi connectivity index (χ3v) is 5.59. The molecule has 1 fully saturated rings. The van der Waals surface area contributed by atoms with Crippen LogP contribution in [0.1, 0.15) is 23.7 Å². The minimum atomic E-state index is -2.91. The van der Waals surface area contributed by atoms with E-state index in [0.717, 1.165) is 4.47 Å². The average Bonchev–Trinajstić information content (AvgIpc) is 2.78. The van der Waals surface area contributed by atoms with Gasteiger partial charge in [0.1, 0.15) is 5.82 Å². The SMILES string of the molecule is CCNc1ncc(Br)cc1C(=O)NCC1CCS(=O)(=O)C1. The van der Waals surface area contributed by atoms with E-state index in [-0.39, 0.29) is 23.3 Å². The lowest BCUT2D eigenvalue weighted by Crippen LogP contribution is -2.30. The molecule has 0 spiro atoms. The molecule has 1 aliphatic heterocycles. The van der Waals surface area contributed by atoms with E-state index in [2.05, 4.69) is 31.5 Å². The summed E-state index contributed by atoms with van der Waals surface area (Å²) in [6.45, 7) is 2.96. The second kappa shape index (κ2) is 6.74. The first-order valence-electron chi connectivity index (χ1n) is 6.79. The molecule has 1 amide bonds. The van der Waals surface area contributed by atoms with E-state index < -0.39 is 9.84 Å².